The van der Waals surface area contributed by atoms with Gasteiger partial charge in [0.05, 0.1) is 13.0 Å². The number of unbranched alkanes of at least 4 members (excludes halogenated alkanes) is 7. The molecule has 0 N–H and O–H groups in total. The monoisotopic (exact) mass is 346 g/mol. The second-order valence-corrected chi connectivity index (χ2v) is 6.71. The van der Waals surface area contributed by atoms with Crippen LogP contribution in [0.2, 0.25) is 0 Å². The Hall–Kier alpha value is -1.84. The molecule has 0 aromatic heterocycles. The molecule has 0 aromatic carbocycles. The second kappa shape index (κ2) is 10.2. The fraction of sp³-hybridized carbons (Fsp3) is 0.619. The molecule has 1 aliphatic heterocycles. The highest BCUT2D eigenvalue weighted by atomic mass is 16.6. The third-order valence-electron chi connectivity index (χ3n) is 4.71. The first-order valence-electron chi connectivity index (χ1n) is 9.59. The number of allylic oxidation sites excluding steroid dienone is 4. The van der Waals surface area contributed by atoms with Crippen molar-refractivity contribution in [3.8, 4) is 0 Å². The maximum atomic E-state index is 12.2. The van der Waals surface area contributed by atoms with Crippen molar-refractivity contribution in [2.45, 2.75) is 71.1 Å². The molecule has 25 heavy (non-hydrogen) atoms. The van der Waals surface area contributed by atoms with Crippen molar-refractivity contribution in [3.63, 3.8) is 0 Å². The van der Waals surface area contributed by atoms with Gasteiger partial charge in [-0.2, -0.15) is 0 Å². The smallest absolute Gasteiger partial charge is 0.305 e. The van der Waals surface area contributed by atoms with Crippen LogP contribution >= 0.6 is 0 Å². The molecule has 0 saturated heterocycles. The summed E-state index contributed by atoms with van der Waals surface area (Å²) < 4.78 is 9.96. The van der Waals surface area contributed by atoms with E-state index >= 15 is 0 Å². The minimum absolute atomic E-state index is 0.0312. The molecule has 4 heteroatoms. The molecule has 0 aromatic rings. The van der Waals surface area contributed by atoms with Gasteiger partial charge in [-0.05, 0) is 32.1 Å². The number of hydrogen-bond acceptors (Lipinski definition) is 4. The van der Waals surface area contributed by atoms with Gasteiger partial charge in [0.1, 0.15) is 0 Å². The molecule has 1 atom stereocenters. The number of rotatable bonds is 12. The summed E-state index contributed by atoms with van der Waals surface area (Å²) in [5.74, 6) is 1.36. The van der Waals surface area contributed by atoms with Gasteiger partial charge >= 0.3 is 5.97 Å². The molecule has 0 radical (unpaired) electrons. The SMILES string of the molecule is CCCCCCC=C[C@@H]1C(=CCCCCCC(=O)OC)C(=O)C2=C1O2. The highest BCUT2D eigenvalue weighted by Crippen LogP contribution is 2.47. The van der Waals surface area contributed by atoms with E-state index < -0.39 is 0 Å². The first-order valence-corrected chi connectivity index (χ1v) is 9.59. The number of esters is 1. The van der Waals surface area contributed by atoms with E-state index in [-0.39, 0.29) is 17.7 Å². The topological polar surface area (TPSA) is 55.9 Å². The van der Waals surface area contributed by atoms with Crippen molar-refractivity contribution < 1.29 is 19.1 Å². The van der Waals surface area contributed by atoms with Crippen LogP contribution < -0.4 is 0 Å². The fourth-order valence-corrected chi connectivity index (χ4v) is 3.14. The summed E-state index contributed by atoms with van der Waals surface area (Å²) in [5, 5.41) is 0. The van der Waals surface area contributed by atoms with Crippen LogP contribution in [0.3, 0.4) is 0 Å². The van der Waals surface area contributed by atoms with Gasteiger partial charge < -0.3 is 9.47 Å². The predicted octanol–water partition coefficient (Wildman–Crippen LogP) is 5.00. The average molecular weight is 346 g/mol. The Morgan fingerprint density at radius 2 is 1.88 bits per heavy atom. The van der Waals surface area contributed by atoms with Crippen molar-refractivity contribution in [2.75, 3.05) is 7.11 Å². The second-order valence-electron chi connectivity index (χ2n) is 6.71. The Morgan fingerprint density at radius 3 is 2.64 bits per heavy atom. The van der Waals surface area contributed by atoms with E-state index in [1.165, 1.54) is 32.8 Å². The Labute approximate surface area is 151 Å². The molecule has 0 bridgehead atoms. The summed E-state index contributed by atoms with van der Waals surface area (Å²) in [7, 11) is 1.42. The van der Waals surface area contributed by atoms with Gasteiger partial charge in [-0.1, -0.05) is 50.8 Å². The summed E-state index contributed by atoms with van der Waals surface area (Å²) in [6.45, 7) is 2.21. The van der Waals surface area contributed by atoms with Crippen molar-refractivity contribution >= 4 is 11.8 Å². The summed E-state index contributed by atoms with van der Waals surface area (Å²) in [6, 6.07) is 0. The summed E-state index contributed by atoms with van der Waals surface area (Å²) in [6.07, 6.45) is 16.6. The highest BCUT2D eigenvalue weighted by molar-refractivity contribution is 6.14. The normalized spacial score (nSPS) is 20.3. The van der Waals surface area contributed by atoms with Crippen LogP contribution in [-0.4, -0.2) is 18.9 Å². The lowest BCUT2D eigenvalue weighted by molar-refractivity contribution is -0.140. The van der Waals surface area contributed by atoms with E-state index in [0.29, 0.717) is 12.2 Å². The number of ether oxygens (including phenoxy) is 2. The molecule has 0 unspecified atom stereocenters. The molecule has 138 valence electrons. The number of carbonyl (C=O) groups is 2. The van der Waals surface area contributed by atoms with Crippen molar-refractivity contribution in [1.82, 2.24) is 0 Å². The van der Waals surface area contributed by atoms with Crippen LogP contribution in [0.4, 0.5) is 0 Å². The molecule has 0 fully saturated rings. The van der Waals surface area contributed by atoms with Crippen LogP contribution in [0.5, 0.6) is 0 Å². The van der Waals surface area contributed by atoms with Crippen molar-refractivity contribution in [1.29, 1.82) is 0 Å². The third kappa shape index (κ3) is 5.87. The van der Waals surface area contributed by atoms with Crippen LogP contribution in [0.25, 0.3) is 0 Å². The number of methoxy groups -OCH3 is 1. The predicted molar refractivity (Wildman–Crippen MR) is 97.7 cm³/mol. The molecular weight excluding hydrogens is 316 g/mol. The lowest BCUT2D eigenvalue weighted by atomic mass is 9.97. The van der Waals surface area contributed by atoms with Gasteiger partial charge in [0.2, 0.25) is 11.5 Å². The molecule has 4 nitrogen and oxygen atoms in total. The standard InChI is InChI=1S/C21H30O4/c1-3-4-5-6-7-11-14-17-16(19(23)21-20(17)25-21)13-10-8-9-12-15-18(22)24-2/h11,13-14,17H,3-10,12,15H2,1-2H3/t17-/m1/s1. The maximum absolute atomic E-state index is 12.2. The zero-order chi connectivity index (χ0) is 18.1. The maximum Gasteiger partial charge on any atom is 0.305 e. The van der Waals surface area contributed by atoms with Gasteiger partial charge in [0.25, 0.3) is 0 Å². The molecule has 0 amide bonds. The zero-order valence-electron chi connectivity index (χ0n) is 15.5. The Kier molecular flexibility index (Phi) is 7.96. The number of Topliss-reactive ketones (excluding diaryl/α,β-unsaturated/α-hetero) is 1. The van der Waals surface area contributed by atoms with Crippen LogP contribution in [-0.2, 0) is 19.1 Å². The molecule has 1 heterocycles. The zero-order valence-corrected chi connectivity index (χ0v) is 15.5. The van der Waals surface area contributed by atoms with Crippen molar-refractivity contribution in [3.05, 3.63) is 35.3 Å². The minimum Gasteiger partial charge on any atom is -0.469 e. The number of carbonyl (C=O) groups excluding carboxylic acids is 2. The first-order chi connectivity index (χ1) is 12.2. The highest BCUT2D eigenvalue weighted by Gasteiger charge is 2.48. The van der Waals surface area contributed by atoms with E-state index in [4.69, 9.17) is 4.74 Å². The minimum atomic E-state index is -0.154. The van der Waals surface area contributed by atoms with Gasteiger partial charge in [-0.15, -0.1) is 0 Å². The van der Waals surface area contributed by atoms with E-state index in [1.807, 2.05) is 0 Å². The summed E-state index contributed by atoms with van der Waals surface area (Å²) >= 11 is 0. The van der Waals surface area contributed by atoms with Crippen molar-refractivity contribution in [2.24, 2.45) is 5.92 Å². The third-order valence-corrected chi connectivity index (χ3v) is 4.71. The lowest BCUT2D eigenvalue weighted by Crippen LogP contribution is -2.08. The van der Waals surface area contributed by atoms with E-state index in [1.54, 1.807) is 0 Å². The van der Waals surface area contributed by atoms with Gasteiger partial charge in [0.15, 0.2) is 5.76 Å². The first kappa shape index (κ1) is 19.5. The quantitative estimate of drug-likeness (QED) is 0.216. The van der Waals surface area contributed by atoms with Crippen LogP contribution in [0, 0.1) is 5.92 Å². The van der Waals surface area contributed by atoms with Crippen LogP contribution in [0.15, 0.2) is 35.3 Å². The largest absolute Gasteiger partial charge is 0.469 e. The van der Waals surface area contributed by atoms with E-state index in [2.05, 4.69) is 29.9 Å². The van der Waals surface area contributed by atoms with Gasteiger partial charge in [-0.3, -0.25) is 9.59 Å². The molecule has 0 spiro atoms. The Balaban J connectivity index is 1.73. The molecule has 1 aliphatic carbocycles. The molecule has 0 saturated carbocycles. The fourth-order valence-electron chi connectivity index (χ4n) is 3.14. The lowest BCUT2D eigenvalue weighted by Gasteiger charge is -2.09. The van der Waals surface area contributed by atoms with Gasteiger partial charge in [0, 0.05) is 12.0 Å². The molecule has 2 rings (SSSR count). The Bertz CT molecular complexity index is 568. The Morgan fingerprint density at radius 1 is 1.12 bits per heavy atom. The summed E-state index contributed by atoms with van der Waals surface area (Å²) in [4.78, 5) is 23.3. The summed E-state index contributed by atoms with van der Waals surface area (Å²) in [5.41, 5.74) is 0.869. The number of ketones is 1. The number of hydrogen-bond donors (Lipinski definition) is 0. The molecule has 2 aliphatic rings. The van der Waals surface area contributed by atoms with Crippen LogP contribution in [0.1, 0.15) is 71.1 Å². The van der Waals surface area contributed by atoms with E-state index in [9.17, 15) is 9.59 Å². The average Bonchev–Trinajstić information content (AvgIpc) is 3.36. The molecular formula is C21H30O4. The van der Waals surface area contributed by atoms with E-state index in [0.717, 1.165) is 43.4 Å². The van der Waals surface area contributed by atoms with Gasteiger partial charge in [-0.25, -0.2) is 0 Å².